The molecular formula is C53H66N6O18. The molecule has 4 amide bonds. The van der Waals surface area contributed by atoms with Gasteiger partial charge in [0.15, 0.2) is 31.2 Å². The highest BCUT2D eigenvalue weighted by Gasteiger charge is 2.55. The number of nitrogens with two attached hydrogens (primary N) is 1. The van der Waals surface area contributed by atoms with Crippen molar-refractivity contribution in [3.8, 4) is 17.2 Å². The molecule has 77 heavy (non-hydrogen) atoms. The number of amides is 4. The number of aromatic hydroxyl groups is 2. The highest BCUT2D eigenvalue weighted by atomic mass is 16.7. The van der Waals surface area contributed by atoms with Crippen LogP contribution in [0.25, 0.3) is 0 Å². The molecule has 2 aliphatic carbocycles. The topological polar surface area (TPSA) is 314 Å². The summed E-state index contributed by atoms with van der Waals surface area (Å²) in [5.41, 5.74) is 2.80. The first-order valence-corrected chi connectivity index (χ1v) is 25.3. The van der Waals surface area contributed by atoms with Crippen LogP contribution in [-0.4, -0.2) is 187 Å². The normalized spacial score (nSPS) is 25.2. The van der Waals surface area contributed by atoms with Crippen molar-refractivity contribution in [3.63, 3.8) is 0 Å². The zero-order valence-corrected chi connectivity index (χ0v) is 44.1. The molecule has 416 valence electrons. The number of methoxy groups -OCH3 is 2. The summed E-state index contributed by atoms with van der Waals surface area (Å²) in [6, 6.07) is 8.97. The Morgan fingerprint density at radius 1 is 0.896 bits per heavy atom. The lowest BCUT2D eigenvalue weighted by Gasteiger charge is -2.43. The Balaban J connectivity index is 0.910. The molecule has 3 heterocycles. The van der Waals surface area contributed by atoms with E-state index in [0.717, 1.165) is 4.90 Å². The number of hydrogen-bond donors (Lipinski definition) is 6. The minimum absolute atomic E-state index is 0.0276. The zero-order valence-electron chi connectivity index (χ0n) is 44.1. The number of ether oxygens (including phenoxy) is 8. The van der Waals surface area contributed by atoms with E-state index in [9.17, 15) is 48.9 Å². The van der Waals surface area contributed by atoms with E-state index in [0.29, 0.717) is 24.4 Å². The van der Waals surface area contributed by atoms with Crippen molar-refractivity contribution in [2.75, 3.05) is 66.5 Å². The van der Waals surface area contributed by atoms with E-state index in [-0.39, 0.29) is 66.1 Å². The van der Waals surface area contributed by atoms with E-state index in [2.05, 4.69) is 15.5 Å². The van der Waals surface area contributed by atoms with E-state index in [4.69, 9.17) is 43.6 Å². The number of phenolic OH excluding ortho intramolecular Hbond substituents is 2. The van der Waals surface area contributed by atoms with Gasteiger partial charge in [0.1, 0.15) is 41.6 Å². The van der Waals surface area contributed by atoms with Gasteiger partial charge in [-0.2, -0.15) is 0 Å². The fourth-order valence-electron chi connectivity index (χ4n) is 10.3. The molecule has 24 heteroatoms. The van der Waals surface area contributed by atoms with Gasteiger partial charge in [0.2, 0.25) is 23.4 Å². The number of rotatable bonds is 17. The third kappa shape index (κ3) is 11.3. The first-order chi connectivity index (χ1) is 36.6. The number of nitrogens with one attached hydrogen (secondary N) is 2. The van der Waals surface area contributed by atoms with Crippen molar-refractivity contribution in [1.82, 2.24) is 20.0 Å². The molecule has 0 spiro atoms. The fraction of sp³-hybridized carbons (Fsp3) is 0.528. The summed E-state index contributed by atoms with van der Waals surface area (Å²) >= 11 is 0. The largest absolute Gasteiger partial charge is 0.507 e. The van der Waals surface area contributed by atoms with Crippen molar-refractivity contribution in [2.24, 2.45) is 11.7 Å². The molecule has 3 saturated heterocycles. The van der Waals surface area contributed by atoms with Gasteiger partial charge in [-0.15, -0.1) is 0 Å². The number of aliphatic hydroxyl groups is 1. The summed E-state index contributed by atoms with van der Waals surface area (Å²) in [6.07, 6.45) is -7.49. The van der Waals surface area contributed by atoms with Gasteiger partial charge in [0.25, 0.3) is 0 Å². The zero-order chi connectivity index (χ0) is 55.8. The van der Waals surface area contributed by atoms with Gasteiger partial charge in [0, 0.05) is 88.5 Å². The fourth-order valence-corrected chi connectivity index (χ4v) is 10.3. The number of morpholine rings is 1. The standard InChI is InChI=1S/C53H66N6O18/c1-25(2)41(54)48(66)55-26(3)47(65)56-29-14-12-28(13-15-29)23-73-51(67)57(5)16-17-58(6)52(68)74-24-35(60)53(69)21-31-38(45(64)40-39(43(31)62)42(61)30-10-9-11-33(70-7)37(30)44(40)63)34(22-53)76-36-20-32-46(27(4)75-36)77-49-50(71-8)72-19-18-59(32)49/h9-15,25-27,32,34,36,41,46,49-50,62,64,69H,16-24,54H2,1-8H3,(H,55,66)(H,56,65)/t26-,27-,32-,34-,36-,41-,46+,49+,50-,53-/m0/s1. The van der Waals surface area contributed by atoms with Crippen LogP contribution in [0.2, 0.25) is 0 Å². The molecule has 8 rings (SSSR count). The lowest BCUT2D eigenvalue weighted by molar-refractivity contribution is -0.256. The predicted molar refractivity (Wildman–Crippen MR) is 269 cm³/mol. The van der Waals surface area contributed by atoms with Gasteiger partial charge < -0.3 is 79.4 Å². The minimum atomic E-state index is -2.45. The molecule has 0 bridgehead atoms. The number of nitrogens with zero attached hydrogens (tertiary/aromatic N) is 3. The second-order valence-corrected chi connectivity index (χ2v) is 20.3. The van der Waals surface area contributed by atoms with E-state index in [1.165, 1.54) is 58.3 Å². The van der Waals surface area contributed by atoms with Crippen LogP contribution in [0.1, 0.15) is 95.2 Å². The van der Waals surface area contributed by atoms with Crippen molar-refractivity contribution in [3.05, 3.63) is 81.4 Å². The molecule has 0 unspecified atom stereocenters. The van der Waals surface area contributed by atoms with Crippen LogP contribution in [0, 0.1) is 5.92 Å². The molecule has 0 aromatic heterocycles. The second kappa shape index (κ2) is 23.1. The van der Waals surface area contributed by atoms with Crippen LogP contribution < -0.4 is 21.1 Å². The van der Waals surface area contributed by atoms with Gasteiger partial charge in [-0.25, -0.2) is 9.59 Å². The monoisotopic (exact) mass is 1070 g/mol. The Hall–Kier alpha value is -6.77. The molecule has 3 aliphatic heterocycles. The highest BCUT2D eigenvalue weighted by Crippen LogP contribution is 2.53. The molecule has 7 N–H and O–H groups in total. The average Bonchev–Trinajstić information content (AvgIpc) is 3.90. The summed E-state index contributed by atoms with van der Waals surface area (Å²) in [5, 5.41) is 41.8. The van der Waals surface area contributed by atoms with E-state index >= 15 is 0 Å². The summed E-state index contributed by atoms with van der Waals surface area (Å²) < 4.78 is 46.7. The molecule has 3 fully saturated rings. The van der Waals surface area contributed by atoms with Crippen LogP contribution in [0.4, 0.5) is 15.3 Å². The number of benzene rings is 3. The quantitative estimate of drug-likeness (QED) is 0.0828. The maximum Gasteiger partial charge on any atom is 0.409 e. The van der Waals surface area contributed by atoms with Crippen LogP contribution in [0.15, 0.2) is 42.5 Å². The molecular weight excluding hydrogens is 1010 g/mol. The summed E-state index contributed by atoms with van der Waals surface area (Å²) in [6.45, 7) is 6.60. The third-order valence-electron chi connectivity index (χ3n) is 14.8. The number of fused-ring (bicyclic) bond motifs is 6. The van der Waals surface area contributed by atoms with Gasteiger partial charge in [-0.1, -0.05) is 38.1 Å². The molecule has 3 aromatic carbocycles. The first kappa shape index (κ1) is 56.4. The van der Waals surface area contributed by atoms with Crippen LogP contribution in [0.3, 0.4) is 0 Å². The van der Waals surface area contributed by atoms with E-state index in [1.807, 2.05) is 0 Å². The van der Waals surface area contributed by atoms with Crippen molar-refractivity contribution >= 4 is 47.0 Å². The predicted octanol–water partition coefficient (Wildman–Crippen LogP) is 2.48. The number of likely N-dealkylation sites (N-methyl/N-ethyl adjacent to an activating group) is 2. The summed E-state index contributed by atoms with van der Waals surface area (Å²) in [5.74, 6) is -5.05. The molecule has 3 aromatic rings. The minimum Gasteiger partial charge on any atom is -0.507 e. The first-order valence-electron chi connectivity index (χ1n) is 25.3. The Morgan fingerprint density at radius 3 is 2.23 bits per heavy atom. The van der Waals surface area contributed by atoms with Gasteiger partial charge in [-0.05, 0) is 43.5 Å². The molecule has 24 nitrogen and oxygen atoms in total. The molecule has 0 radical (unpaired) electrons. The van der Waals surface area contributed by atoms with Crippen LogP contribution in [-0.2, 0) is 60.6 Å². The number of phenols is 2. The van der Waals surface area contributed by atoms with Crippen LogP contribution >= 0.6 is 0 Å². The number of Topliss-reactive ketones (excluding diaryl/α,β-unsaturated/α-hetero) is 1. The average molecular weight is 1080 g/mol. The summed E-state index contributed by atoms with van der Waals surface area (Å²) in [4.78, 5) is 98.1. The highest BCUT2D eigenvalue weighted by molar-refractivity contribution is 6.31. The molecule has 0 saturated carbocycles. The third-order valence-corrected chi connectivity index (χ3v) is 14.8. The summed E-state index contributed by atoms with van der Waals surface area (Å²) in [7, 11) is 5.65. The Labute approximate surface area is 443 Å². The number of carbonyl (C=O) groups excluding carboxylic acids is 7. The Kier molecular flexibility index (Phi) is 16.9. The van der Waals surface area contributed by atoms with Crippen LogP contribution in [0.5, 0.6) is 17.2 Å². The number of ketones is 3. The SMILES string of the molecule is COc1cccc2c1C(=O)c1c(O)c3c(c(O)c1C2=O)C[C@@](O)(C(=O)COC(=O)N(C)CCN(C)C(=O)OCc1ccc(NC(=O)[C@H](C)NC(=O)[C@@H](N)C(C)C)cc1)C[C@@H]3O[C@H]1C[C@H]2[C@H](O[C@@H]3[C@@H](OC)OCCN32)[C@H](C)O1. The molecule has 10 atom stereocenters. The maximum absolute atomic E-state index is 14.3. The number of anilines is 1. The number of hydrogen-bond acceptors (Lipinski definition) is 20. The Morgan fingerprint density at radius 2 is 1.57 bits per heavy atom. The van der Waals surface area contributed by atoms with E-state index < -0.39 is 138 Å². The van der Waals surface area contributed by atoms with E-state index in [1.54, 1.807) is 45.0 Å². The van der Waals surface area contributed by atoms with Crippen molar-refractivity contribution in [2.45, 2.75) is 114 Å². The smallest absolute Gasteiger partial charge is 0.409 e. The van der Waals surface area contributed by atoms with Gasteiger partial charge in [-0.3, -0.25) is 28.9 Å². The van der Waals surface area contributed by atoms with Gasteiger partial charge >= 0.3 is 12.2 Å². The maximum atomic E-state index is 14.3. The van der Waals surface area contributed by atoms with Crippen molar-refractivity contribution in [1.29, 1.82) is 0 Å². The lowest BCUT2D eigenvalue weighted by Crippen LogP contribution is -2.55. The number of carbonyl (C=O) groups is 7. The Bertz CT molecular complexity index is 2790. The molecule has 5 aliphatic rings. The van der Waals surface area contributed by atoms with Crippen molar-refractivity contribution < 1.29 is 86.8 Å². The lowest BCUT2D eigenvalue weighted by atomic mass is 9.72. The van der Waals surface area contributed by atoms with Gasteiger partial charge in [0.05, 0.1) is 48.7 Å². The second-order valence-electron chi connectivity index (χ2n) is 20.3.